The molecule has 1 unspecified atom stereocenters. The molecular formula is C12H22N2O3S. The maximum absolute atomic E-state index is 12.2. The molecule has 18 heavy (non-hydrogen) atoms. The molecule has 104 valence electrons. The summed E-state index contributed by atoms with van der Waals surface area (Å²) < 4.78 is 5.24. The molecule has 1 atom stereocenters. The van der Waals surface area contributed by atoms with Crippen LogP contribution in [0.2, 0.25) is 0 Å². The van der Waals surface area contributed by atoms with Gasteiger partial charge in [0.25, 0.3) is 0 Å². The Morgan fingerprint density at radius 2 is 2.28 bits per heavy atom. The lowest BCUT2D eigenvalue weighted by atomic mass is 9.94. The second-order valence-electron chi connectivity index (χ2n) is 5.11. The first-order valence-corrected chi connectivity index (χ1v) is 7.62. The summed E-state index contributed by atoms with van der Waals surface area (Å²) in [6, 6.07) is -0.0998. The van der Waals surface area contributed by atoms with Gasteiger partial charge in [0, 0.05) is 57.7 Å². The normalized spacial score (nSPS) is 27.8. The summed E-state index contributed by atoms with van der Waals surface area (Å²) in [4.78, 5) is 13.9. The van der Waals surface area contributed by atoms with Crippen molar-refractivity contribution in [2.75, 3.05) is 44.9 Å². The highest BCUT2D eigenvalue weighted by molar-refractivity contribution is 7.99. The van der Waals surface area contributed by atoms with Gasteiger partial charge < -0.3 is 20.1 Å². The Morgan fingerprint density at radius 3 is 2.89 bits per heavy atom. The summed E-state index contributed by atoms with van der Waals surface area (Å²) in [5.41, 5.74) is -0.773. The van der Waals surface area contributed by atoms with E-state index in [4.69, 9.17) is 4.74 Å². The number of thioether (sulfide) groups is 1. The summed E-state index contributed by atoms with van der Waals surface area (Å²) in [5.74, 6) is 1.97. The fraction of sp³-hybridized carbons (Fsp3) is 0.917. The van der Waals surface area contributed by atoms with Gasteiger partial charge in [-0.3, -0.25) is 4.79 Å². The number of nitrogens with zero attached hydrogens (tertiary/aromatic N) is 1. The zero-order chi connectivity index (χ0) is 13.0. The van der Waals surface area contributed by atoms with E-state index in [1.165, 1.54) is 0 Å². The van der Waals surface area contributed by atoms with E-state index in [9.17, 15) is 9.90 Å². The van der Waals surface area contributed by atoms with E-state index < -0.39 is 5.60 Å². The molecule has 1 amide bonds. The number of ether oxygens (including phenoxy) is 1. The van der Waals surface area contributed by atoms with Crippen molar-refractivity contribution in [1.82, 2.24) is 10.2 Å². The van der Waals surface area contributed by atoms with Gasteiger partial charge in [-0.15, -0.1) is 0 Å². The molecule has 2 rings (SSSR count). The molecule has 2 N–H and O–H groups in total. The van der Waals surface area contributed by atoms with Gasteiger partial charge in [0.2, 0.25) is 5.91 Å². The Labute approximate surface area is 112 Å². The van der Waals surface area contributed by atoms with Crippen molar-refractivity contribution in [3.63, 3.8) is 0 Å². The van der Waals surface area contributed by atoms with Gasteiger partial charge in [-0.25, -0.2) is 0 Å². The lowest BCUT2D eigenvalue weighted by molar-refractivity contribution is -0.138. The van der Waals surface area contributed by atoms with Gasteiger partial charge in [-0.2, -0.15) is 11.8 Å². The Morgan fingerprint density at radius 1 is 1.56 bits per heavy atom. The maximum Gasteiger partial charge on any atom is 0.240 e. The second-order valence-corrected chi connectivity index (χ2v) is 6.26. The van der Waals surface area contributed by atoms with E-state index in [-0.39, 0.29) is 11.9 Å². The second kappa shape index (κ2) is 6.23. The van der Waals surface area contributed by atoms with Crippen LogP contribution in [0.3, 0.4) is 0 Å². The van der Waals surface area contributed by atoms with Gasteiger partial charge in [-0.1, -0.05) is 0 Å². The summed E-state index contributed by atoms with van der Waals surface area (Å²) in [5, 5.41) is 13.6. The van der Waals surface area contributed by atoms with E-state index in [0.717, 1.165) is 18.1 Å². The van der Waals surface area contributed by atoms with Crippen LogP contribution in [-0.2, 0) is 9.53 Å². The number of nitrogens with one attached hydrogen (secondary N) is 1. The van der Waals surface area contributed by atoms with E-state index in [1.54, 1.807) is 23.7 Å². The van der Waals surface area contributed by atoms with Gasteiger partial charge in [0.15, 0.2) is 0 Å². The lowest BCUT2D eigenvalue weighted by Gasteiger charge is -2.37. The minimum absolute atomic E-state index is 0.0853. The zero-order valence-corrected chi connectivity index (χ0v) is 11.7. The number of amides is 1. The summed E-state index contributed by atoms with van der Waals surface area (Å²) in [6.07, 6.45) is 1.22. The van der Waals surface area contributed by atoms with E-state index in [1.807, 2.05) is 0 Å². The monoisotopic (exact) mass is 274 g/mol. The number of aliphatic hydroxyl groups is 1. The predicted octanol–water partition coefficient (Wildman–Crippen LogP) is -0.309. The first-order chi connectivity index (χ1) is 8.61. The number of rotatable bonds is 3. The molecule has 0 spiro atoms. The fourth-order valence-corrected chi connectivity index (χ4v) is 3.34. The number of carbonyl (C=O) groups excluding carboxylic acids is 1. The average Bonchev–Trinajstić information content (AvgIpc) is 2.39. The van der Waals surface area contributed by atoms with E-state index in [2.05, 4.69) is 5.32 Å². The molecule has 2 aliphatic rings. The van der Waals surface area contributed by atoms with Crippen LogP contribution in [0.25, 0.3) is 0 Å². The summed E-state index contributed by atoms with van der Waals surface area (Å²) >= 11 is 1.80. The van der Waals surface area contributed by atoms with Crippen molar-refractivity contribution in [3.8, 4) is 0 Å². The molecule has 0 aliphatic carbocycles. The van der Waals surface area contributed by atoms with Crippen molar-refractivity contribution in [2.45, 2.75) is 24.5 Å². The highest BCUT2D eigenvalue weighted by atomic mass is 32.2. The predicted molar refractivity (Wildman–Crippen MR) is 71.8 cm³/mol. The first-order valence-electron chi connectivity index (χ1n) is 6.47. The van der Waals surface area contributed by atoms with Crippen molar-refractivity contribution in [2.24, 2.45) is 0 Å². The highest BCUT2D eigenvalue weighted by Gasteiger charge is 2.34. The Balaban J connectivity index is 1.85. The Bertz CT molecular complexity index is 289. The molecule has 0 aromatic rings. The van der Waals surface area contributed by atoms with Gasteiger partial charge in [0.05, 0.1) is 11.6 Å². The Kier molecular flexibility index (Phi) is 4.89. The van der Waals surface area contributed by atoms with Gasteiger partial charge >= 0.3 is 0 Å². The van der Waals surface area contributed by atoms with Crippen LogP contribution in [0.1, 0.15) is 12.8 Å². The molecule has 0 aromatic carbocycles. The molecular weight excluding hydrogens is 252 g/mol. The van der Waals surface area contributed by atoms with Crippen LogP contribution in [0.4, 0.5) is 0 Å². The van der Waals surface area contributed by atoms with Crippen LogP contribution >= 0.6 is 11.8 Å². The largest absolute Gasteiger partial charge is 0.388 e. The topological polar surface area (TPSA) is 61.8 Å². The molecule has 2 heterocycles. The molecule has 6 heteroatoms. The van der Waals surface area contributed by atoms with Crippen molar-refractivity contribution in [1.29, 1.82) is 0 Å². The highest BCUT2D eigenvalue weighted by Crippen LogP contribution is 2.22. The lowest BCUT2D eigenvalue weighted by Crippen LogP contribution is -2.54. The third kappa shape index (κ3) is 3.60. The number of hydrogen-bond donors (Lipinski definition) is 2. The molecule has 0 saturated carbocycles. The quantitative estimate of drug-likeness (QED) is 0.739. The van der Waals surface area contributed by atoms with Crippen LogP contribution in [0, 0.1) is 0 Å². The van der Waals surface area contributed by atoms with E-state index >= 15 is 0 Å². The molecule has 0 bridgehead atoms. The third-order valence-corrected chi connectivity index (χ3v) is 4.61. The number of hydrogen-bond acceptors (Lipinski definition) is 5. The minimum Gasteiger partial charge on any atom is -0.388 e. The van der Waals surface area contributed by atoms with Gasteiger partial charge in [-0.05, 0) is 0 Å². The molecule has 0 radical (unpaired) electrons. The standard InChI is InChI=1S/C12H22N2O3S/c1-14(9-12(16)2-5-17-6-3-12)11(15)10-8-18-7-4-13-10/h10,13,16H,2-9H2,1H3. The fourth-order valence-electron chi connectivity index (χ4n) is 2.42. The summed E-state index contributed by atoms with van der Waals surface area (Å²) in [6.45, 7) is 2.44. The molecule has 5 nitrogen and oxygen atoms in total. The minimum atomic E-state index is -0.773. The molecule has 2 saturated heterocycles. The van der Waals surface area contributed by atoms with Crippen LogP contribution in [0.15, 0.2) is 0 Å². The molecule has 0 aromatic heterocycles. The Hall–Kier alpha value is -0.300. The first kappa shape index (κ1) is 14.1. The third-order valence-electron chi connectivity index (χ3n) is 3.55. The van der Waals surface area contributed by atoms with Crippen molar-refractivity contribution < 1.29 is 14.6 Å². The maximum atomic E-state index is 12.2. The molecule has 2 fully saturated rings. The van der Waals surface area contributed by atoms with Crippen LogP contribution in [-0.4, -0.2) is 72.4 Å². The molecule has 2 aliphatic heterocycles. The SMILES string of the molecule is CN(CC1(O)CCOCC1)C(=O)C1CSCCN1. The van der Waals surface area contributed by atoms with Gasteiger partial charge in [0.1, 0.15) is 0 Å². The number of carbonyl (C=O) groups is 1. The smallest absolute Gasteiger partial charge is 0.240 e. The zero-order valence-electron chi connectivity index (χ0n) is 10.9. The van der Waals surface area contributed by atoms with Crippen molar-refractivity contribution in [3.05, 3.63) is 0 Å². The van der Waals surface area contributed by atoms with Crippen LogP contribution in [0.5, 0.6) is 0 Å². The average molecular weight is 274 g/mol. The number of likely N-dealkylation sites (N-methyl/N-ethyl adjacent to an activating group) is 1. The van der Waals surface area contributed by atoms with Crippen LogP contribution < -0.4 is 5.32 Å². The summed E-state index contributed by atoms with van der Waals surface area (Å²) in [7, 11) is 1.77. The van der Waals surface area contributed by atoms with Crippen molar-refractivity contribution >= 4 is 17.7 Å². The van der Waals surface area contributed by atoms with E-state index in [0.29, 0.717) is 32.6 Å².